The second-order valence-electron chi connectivity index (χ2n) is 6.08. The van der Waals surface area contributed by atoms with E-state index in [0.29, 0.717) is 30.4 Å². The fourth-order valence-electron chi connectivity index (χ4n) is 2.94. The second kappa shape index (κ2) is 5.50. The van der Waals surface area contributed by atoms with Gasteiger partial charge in [-0.15, -0.1) is 0 Å². The summed E-state index contributed by atoms with van der Waals surface area (Å²) in [5, 5.41) is 3.23. The lowest BCUT2D eigenvalue weighted by atomic mass is 10.0. The fourth-order valence-corrected chi connectivity index (χ4v) is 4.56. The molecule has 3 rings (SSSR count). The zero-order valence-corrected chi connectivity index (χ0v) is 13.3. The normalized spacial score (nSPS) is 26.6. The van der Waals surface area contributed by atoms with Gasteiger partial charge in [-0.1, -0.05) is 6.92 Å². The van der Waals surface area contributed by atoms with E-state index in [2.05, 4.69) is 12.2 Å². The van der Waals surface area contributed by atoms with Gasteiger partial charge < -0.3 is 10.1 Å². The molecule has 0 aromatic heterocycles. The van der Waals surface area contributed by atoms with E-state index in [9.17, 15) is 8.42 Å². The number of fused-ring (bicyclic) bond motifs is 1. The Morgan fingerprint density at radius 1 is 1.33 bits per heavy atom. The van der Waals surface area contributed by atoms with Gasteiger partial charge in [-0.25, -0.2) is 8.42 Å². The highest BCUT2D eigenvalue weighted by Gasteiger charge is 2.29. The van der Waals surface area contributed by atoms with Crippen LogP contribution in [0.5, 0.6) is 5.75 Å². The maximum atomic E-state index is 12.7. The molecule has 21 heavy (non-hydrogen) atoms. The number of benzene rings is 1. The van der Waals surface area contributed by atoms with Gasteiger partial charge in [0.1, 0.15) is 11.9 Å². The maximum absolute atomic E-state index is 12.7. The average Bonchev–Trinajstić information content (AvgIpc) is 2.46. The number of anilines is 1. The van der Waals surface area contributed by atoms with Crippen LogP contribution in [0.15, 0.2) is 23.1 Å². The smallest absolute Gasteiger partial charge is 0.243 e. The summed E-state index contributed by atoms with van der Waals surface area (Å²) in [6, 6.07) is 5.08. The van der Waals surface area contributed by atoms with Gasteiger partial charge in [0, 0.05) is 13.1 Å². The molecule has 6 heteroatoms. The van der Waals surface area contributed by atoms with Crippen molar-refractivity contribution in [3.8, 4) is 5.75 Å². The zero-order chi connectivity index (χ0) is 15.0. The minimum Gasteiger partial charge on any atom is -0.487 e. The molecule has 116 valence electrons. The minimum atomic E-state index is -3.40. The SMILES string of the molecule is CC1CCCN(S(=O)(=O)c2ccc3c(c2)NCC(C)O3)C1. The Balaban J connectivity index is 1.89. The number of hydrogen-bond acceptors (Lipinski definition) is 4. The molecule has 2 unspecified atom stereocenters. The molecule has 2 aliphatic rings. The number of piperidine rings is 1. The Kier molecular flexibility index (Phi) is 3.84. The molecule has 2 heterocycles. The standard InChI is InChI=1S/C15H22N2O3S/c1-11-4-3-7-17(10-11)21(18,19)13-5-6-15-14(8-13)16-9-12(2)20-15/h5-6,8,11-12,16H,3-4,7,9-10H2,1-2H3. The second-order valence-corrected chi connectivity index (χ2v) is 8.02. The lowest BCUT2D eigenvalue weighted by Crippen LogP contribution is -2.39. The van der Waals surface area contributed by atoms with Crippen molar-refractivity contribution in [1.29, 1.82) is 0 Å². The van der Waals surface area contributed by atoms with Crippen LogP contribution in [0.1, 0.15) is 26.7 Å². The van der Waals surface area contributed by atoms with Gasteiger partial charge >= 0.3 is 0 Å². The van der Waals surface area contributed by atoms with Crippen molar-refractivity contribution in [1.82, 2.24) is 4.31 Å². The predicted molar refractivity (Wildman–Crippen MR) is 82.2 cm³/mol. The highest BCUT2D eigenvalue weighted by atomic mass is 32.2. The third-order valence-corrected chi connectivity index (χ3v) is 5.98. The average molecular weight is 310 g/mol. The first-order chi connectivity index (χ1) is 9.96. The summed E-state index contributed by atoms with van der Waals surface area (Å²) < 4.78 is 32.8. The first kappa shape index (κ1) is 14.7. The number of rotatable bonds is 2. The molecule has 0 aliphatic carbocycles. The van der Waals surface area contributed by atoms with Gasteiger partial charge in [-0.05, 0) is 43.9 Å². The van der Waals surface area contributed by atoms with E-state index >= 15 is 0 Å². The summed E-state index contributed by atoms with van der Waals surface area (Å²) in [5.41, 5.74) is 0.763. The van der Waals surface area contributed by atoms with E-state index < -0.39 is 10.0 Å². The molecule has 1 fully saturated rings. The van der Waals surface area contributed by atoms with Crippen LogP contribution >= 0.6 is 0 Å². The number of ether oxygens (including phenoxy) is 1. The van der Waals surface area contributed by atoms with E-state index in [-0.39, 0.29) is 6.10 Å². The van der Waals surface area contributed by atoms with Gasteiger partial charge in [-0.2, -0.15) is 4.31 Å². The molecule has 1 N–H and O–H groups in total. The van der Waals surface area contributed by atoms with Crippen molar-refractivity contribution in [3.05, 3.63) is 18.2 Å². The molecule has 0 spiro atoms. The Morgan fingerprint density at radius 2 is 2.14 bits per heavy atom. The van der Waals surface area contributed by atoms with Crippen molar-refractivity contribution in [2.45, 2.75) is 37.7 Å². The summed E-state index contributed by atoms with van der Waals surface area (Å²) in [6.07, 6.45) is 2.14. The molecule has 0 amide bonds. The van der Waals surface area contributed by atoms with Crippen molar-refractivity contribution in [3.63, 3.8) is 0 Å². The summed E-state index contributed by atoms with van der Waals surface area (Å²) in [7, 11) is -3.40. The van der Waals surface area contributed by atoms with Gasteiger partial charge in [0.25, 0.3) is 0 Å². The zero-order valence-electron chi connectivity index (χ0n) is 12.5. The lowest BCUT2D eigenvalue weighted by molar-refractivity contribution is 0.226. The number of nitrogens with zero attached hydrogens (tertiary/aromatic N) is 1. The summed E-state index contributed by atoms with van der Waals surface area (Å²) in [5.74, 6) is 1.15. The molecule has 2 atom stereocenters. The van der Waals surface area contributed by atoms with Crippen molar-refractivity contribution in [2.75, 3.05) is 25.0 Å². The number of hydrogen-bond donors (Lipinski definition) is 1. The predicted octanol–water partition coefficient (Wildman–Crippen LogP) is 2.30. The van der Waals surface area contributed by atoms with Gasteiger partial charge in [0.05, 0.1) is 17.1 Å². The molecule has 1 aromatic carbocycles. The van der Waals surface area contributed by atoms with Crippen LogP contribution < -0.4 is 10.1 Å². The third kappa shape index (κ3) is 2.87. The quantitative estimate of drug-likeness (QED) is 0.910. The van der Waals surface area contributed by atoms with E-state index in [1.807, 2.05) is 6.92 Å². The van der Waals surface area contributed by atoms with Crippen LogP contribution in [0.4, 0.5) is 5.69 Å². The Bertz CT molecular complexity index is 630. The summed E-state index contributed by atoms with van der Waals surface area (Å²) in [6.45, 7) is 6.00. The first-order valence-corrected chi connectivity index (χ1v) is 8.95. The van der Waals surface area contributed by atoms with Crippen molar-refractivity contribution >= 4 is 15.7 Å². The van der Waals surface area contributed by atoms with Crippen LogP contribution in [0.25, 0.3) is 0 Å². The summed E-state index contributed by atoms with van der Waals surface area (Å²) in [4.78, 5) is 0.348. The molecule has 0 radical (unpaired) electrons. The molecular weight excluding hydrogens is 288 g/mol. The minimum absolute atomic E-state index is 0.0999. The molecular formula is C15H22N2O3S. The fraction of sp³-hybridized carbons (Fsp3) is 0.600. The van der Waals surface area contributed by atoms with Gasteiger partial charge in [0.15, 0.2) is 0 Å². The van der Waals surface area contributed by atoms with E-state index in [1.54, 1.807) is 22.5 Å². The molecule has 5 nitrogen and oxygen atoms in total. The summed E-state index contributed by atoms with van der Waals surface area (Å²) >= 11 is 0. The van der Waals surface area contributed by atoms with E-state index in [4.69, 9.17) is 4.74 Å². The third-order valence-electron chi connectivity index (χ3n) is 4.12. The Morgan fingerprint density at radius 3 is 2.90 bits per heavy atom. The molecule has 0 saturated carbocycles. The monoisotopic (exact) mass is 310 g/mol. The van der Waals surface area contributed by atoms with Crippen molar-refractivity contribution < 1.29 is 13.2 Å². The molecule has 1 aromatic rings. The van der Waals surface area contributed by atoms with Crippen LogP contribution in [0.2, 0.25) is 0 Å². The van der Waals surface area contributed by atoms with E-state index in [1.165, 1.54) is 0 Å². The van der Waals surface area contributed by atoms with Crippen LogP contribution in [0, 0.1) is 5.92 Å². The largest absolute Gasteiger partial charge is 0.487 e. The van der Waals surface area contributed by atoms with Crippen LogP contribution in [-0.2, 0) is 10.0 Å². The number of sulfonamides is 1. The van der Waals surface area contributed by atoms with Crippen LogP contribution in [0.3, 0.4) is 0 Å². The lowest BCUT2D eigenvalue weighted by Gasteiger charge is -2.30. The van der Waals surface area contributed by atoms with E-state index in [0.717, 1.165) is 24.3 Å². The number of nitrogens with one attached hydrogen (secondary N) is 1. The topological polar surface area (TPSA) is 58.6 Å². The van der Waals surface area contributed by atoms with Gasteiger partial charge in [0.2, 0.25) is 10.0 Å². The van der Waals surface area contributed by atoms with Crippen LogP contribution in [-0.4, -0.2) is 38.5 Å². The maximum Gasteiger partial charge on any atom is 0.243 e. The highest BCUT2D eigenvalue weighted by Crippen LogP contribution is 2.33. The first-order valence-electron chi connectivity index (χ1n) is 7.51. The molecule has 1 saturated heterocycles. The highest BCUT2D eigenvalue weighted by molar-refractivity contribution is 7.89. The molecule has 2 aliphatic heterocycles. The van der Waals surface area contributed by atoms with Crippen molar-refractivity contribution in [2.24, 2.45) is 5.92 Å². The Hall–Kier alpha value is -1.27. The van der Waals surface area contributed by atoms with Gasteiger partial charge in [-0.3, -0.25) is 0 Å². The molecule has 0 bridgehead atoms. The Labute approximate surface area is 126 Å².